The van der Waals surface area contributed by atoms with E-state index in [0.29, 0.717) is 10.6 Å². The predicted octanol–water partition coefficient (Wildman–Crippen LogP) is 2.55. The molecule has 18 unspecified atom stereocenters. The Balaban J connectivity index is 0.992. The van der Waals surface area contributed by atoms with Gasteiger partial charge in [-0.05, 0) is 145 Å². The van der Waals surface area contributed by atoms with E-state index in [1.54, 1.807) is 25.1 Å². The van der Waals surface area contributed by atoms with Gasteiger partial charge in [-0.25, -0.2) is 10.3 Å². The maximum absolute atomic E-state index is 16.3. The third-order valence-electron chi connectivity index (χ3n) is 21.3. The first-order valence-electron chi connectivity index (χ1n) is 38.9. The highest BCUT2D eigenvalue weighted by Gasteiger charge is 2.52. The van der Waals surface area contributed by atoms with Crippen molar-refractivity contribution in [1.82, 2.24) is 57.6 Å². The number of amides is 9. The molecule has 1 aromatic heterocycles. The number of rotatable bonds is 21. The Morgan fingerprint density at radius 3 is 2.00 bits per heavy atom. The first-order valence-corrected chi connectivity index (χ1v) is 40.4. The number of aromatic nitrogens is 2. The molecule has 39 nitrogen and oxygen atoms in total. The molecule has 2 saturated heterocycles. The molecule has 9 amide bonds. The smallest absolute Gasteiger partial charge is 0.349 e. The molecular formula is C82H89Cl4N13O26. The molecule has 14 rings (SSSR count). The minimum absolute atomic E-state index is 0.0445. The summed E-state index contributed by atoms with van der Waals surface area (Å²) in [6.45, 7) is 5.57. The molecule has 666 valence electrons. The minimum Gasteiger partial charge on any atom is -0.508 e. The van der Waals surface area contributed by atoms with Gasteiger partial charge in [-0.3, -0.25) is 52.6 Å². The molecule has 21 N–H and O–H groups in total. The summed E-state index contributed by atoms with van der Waals surface area (Å²) < 4.78 is 40.6. The number of primary amides is 1. The Labute approximate surface area is 731 Å². The van der Waals surface area contributed by atoms with Crippen LogP contribution >= 0.6 is 46.4 Å². The zero-order valence-corrected chi connectivity index (χ0v) is 70.2. The molecule has 7 aliphatic rings. The number of benzene rings is 6. The lowest BCUT2D eigenvalue weighted by molar-refractivity contribution is -0.334. The second-order valence-electron chi connectivity index (χ2n) is 30.7. The van der Waals surface area contributed by atoms with Crippen molar-refractivity contribution in [3.05, 3.63) is 179 Å². The summed E-state index contributed by atoms with van der Waals surface area (Å²) in [6.07, 6.45) is -15.5. The third kappa shape index (κ3) is 21.1. The number of carbonyl (C=O) groups excluding carboxylic acids is 9. The maximum Gasteiger partial charge on any atom is 0.349 e. The average Bonchev–Trinajstić information content (AvgIpc) is 0.749. The quantitative estimate of drug-likeness (QED) is 0.0363. The highest BCUT2D eigenvalue weighted by atomic mass is 35.5. The number of halogens is 4. The van der Waals surface area contributed by atoms with Crippen molar-refractivity contribution < 1.29 is 122 Å². The lowest BCUT2D eigenvalue weighted by atomic mass is 9.85. The second kappa shape index (κ2) is 39.5. The van der Waals surface area contributed by atoms with Crippen molar-refractivity contribution in [3.8, 4) is 57.1 Å². The predicted molar refractivity (Wildman–Crippen MR) is 443 cm³/mol. The van der Waals surface area contributed by atoms with Crippen LogP contribution in [0.1, 0.15) is 111 Å². The van der Waals surface area contributed by atoms with Crippen molar-refractivity contribution in [2.24, 2.45) is 11.7 Å². The fraction of sp³-hybridized carbons (Fsp3) is 0.378. The summed E-state index contributed by atoms with van der Waals surface area (Å²) in [5, 5.41) is 130. The van der Waals surface area contributed by atoms with E-state index in [0.717, 1.165) is 73.8 Å². The summed E-state index contributed by atoms with van der Waals surface area (Å²) in [5.74, 6) is -16.2. The summed E-state index contributed by atoms with van der Waals surface area (Å²) in [7, 11) is 2.50. The zero-order valence-electron chi connectivity index (χ0n) is 67.1. The van der Waals surface area contributed by atoms with Crippen LogP contribution in [0.5, 0.6) is 46.0 Å². The van der Waals surface area contributed by atoms with Gasteiger partial charge in [-0.2, -0.15) is 4.98 Å². The molecule has 8 heterocycles. The Hall–Kier alpha value is -11.4. The number of carbonyl (C=O) groups is 9. The number of likely N-dealkylation sites (N-methyl/N-ethyl adjacent to an activating group) is 1. The van der Waals surface area contributed by atoms with Crippen molar-refractivity contribution in [3.63, 3.8) is 0 Å². The Morgan fingerprint density at radius 2 is 1.37 bits per heavy atom. The van der Waals surface area contributed by atoms with Crippen LogP contribution in [0.25, 0.3) is 17.2 Å². The molecule has 0 spiro atoms. The first-order chi connectivity index (χ1) is 59.3. The normalized spacial score (nSPS) is 26.0. The van der Waals surface area contributed by atoms with Gasteiger partial charge >= 0.3 is 5.69 Å². The molecule has 43 heteroatoms. The molecule has 125 heavy (non-hydrogen) atoms. The Kier molecular flexibility index (Phi) is 29.3. The van der Waals surface area contributed by atoms with E-state index < -0.39 is 254 Å². The van der Waals surface area contributed by atoms with Crippen LogP contribution in [-0.2, 0) is 68.7 Å². The first kappa shape index (κ1) is 92.8. The molecule has 11 bridgehead atoms. The van der Waals surface area contributed by atoms with Gasteiger partial charge in [0.1, 0.15) is 101 Å². The number of nitrogens with zero attached hydrogens (tertiary/aromatic N) is 2. The van der Waals surface area contributed by atoms with Gasteiger partial charge < -0.3 is 128 Å². The van der Waals surface area contributed by atoms with Gasteiger partial charge in [0, 0.05) is 54.5 Å². The van der Waals surface area contributed by atoms with Crippen molar-refractivity contribution >= 4 is 111 Å². The van der Waals surface area contributed by atoms with Crippen molar-refractivity contribution in [2.45, 2.75) is 163 Å². The van der Waals surface area contributed by atoms with Gasteiger partial charge in [0.25, 0.3) is 5.91 Å². The monoisotopic (exact) mass is 1810 g/mol. The van der Waals surface area contributed by atoms with E-state index in [9.17, 15) is 69.9 Å². The van der Waals surface area contributed by atoms with Crippen LogP contribution in [0.2, 0.25) is 20.1 Å². The SMILES string of the molecule is CNC(CC(C)C)C(=O)NC1C(=O)NC(CC(N)=O)C(=O)NC2C(=O)NC3C(=O)NC(C(=O)NC(C(=O)NOC)c4cc(O)cc(O)c4-c4cc3ccc4O)C(O)c3ccc(c(Cl)c3)Oc3cc2cc(c3OC2OC(CO)C(O)C(O)C2OC2CC(C)(NCCn3ccc(NC(=O)C=Cc4ccc(Cl)c(Cl)c4)nc3=O)C(O)C(C)O2)Oc2ccc(cc2Cl)C1O. The lowest BCUT2D eigenvalue weighted by Gasteiger charge is -2.48. The van der Waals surface area contributed by atoms with Crippen LogP contribution < -0.4 is 79.0 Å². The number of aliphatic hydroxyl groups excluding tert-OH is 6. The number of hydroxylamine groups is 1. The number of fused-ring (bicyclic) bond motifs is 15. The van der Waals surface area contributed by atoms with E-state index in [-0.39, 0.29) is 65.1 Å². The van der Waals surface area contributed by atoms with E-state index >= 15 is 24.0 Å². The standard InChI is InChI=1S/C82H89Cl4N13O26/c1-33(2)21-47(88-5)73(111)96-64-66(106)37-10-14-51(45(85)24-37)121-53-26-39-27-54(70(53)125-80-71(69(109)68(108)55(32-100)123-80)124-59-31-82(4,72(110)34(3)120-59)89-18-20-99-19-17-57(92-81(99)118)91-58(105)16-8-35-7-12-43(83)44(84)22-35)122-52-15-11-38(25-46(52)86)67(107)65-78(116)95-63(79(117)98-119-6)42-28-40(101)29-50(103)60(42)41-23-36(9-13-49(41)102)61(75(113)97-65)94-76(114)62(39)93-74(112)48(30-56(87)104)90-77(64)115/h7-17,19,22-29,33-34,47-48,55,59,61-69,71-72,80,88-89,100-103,106-110H,18,20-21,30-32H2,1-6H3,(H2,87,104)(H,90,115)(H,93,112)(H,94,114)(H,95,116)(H,96,111)(H,97,113)(H,98,117)(H,91,92,105,118). The van der Waals surface area contributed by atoms with Crippen molar-refractivity contribution in [2.75, 3.05) is 32.6 Å². The molecule has 7 aromatic rings. The zero-order chi connectivity index (χ0) is 90.5. The number of anilines is 1. The number of aliphatic hydroxyl groups is 6. The molecule has 7 aliphatic heterocycles. The fourth-order valence-corrected chi connectivity index (χ4v) is 15.7. The molecule has 18 atom stereocenters. The second-order valence-corrected chi connectivity index (χ2v) is 32.3. The number of nitrogens with one attached hydrogen (secondary N) is 10. The third-order valence-corrected chi connectivity index (χ3v) is 22.7. The summed E-state index contributed by atoms with van der Waals surface area (Å²) in [6, 6.07) is 5.65. The van der Waals surface area contributed by atoms with E-state index in [4.69, 9.17) is 85.4 Å². The number of ether oxygens (including phenoxy) is 6. The number of phenols is 3. The average molecular weight is 1810 g/mol. The fourth-order valence-electron chi connectivity index (χ4n) is 14.9. The summed E-state index contributed by atoms with van der Waals surface area (Å²) in [4.78, 5) is 155. The van der Waals surface area contributed by atoms with Gasteiger partial charge in [-0.15, -0.1) is 0 Å². The van der Waals surface area contributed by atoms with E-state index in [1.807, 2.05) is 13.8 Å². The van der Waals surface area contributed by atoms with E-state index in [1.165, 1.54) is 55.1 Å². The van der Waals surface area contributed by atoms with Gasteiger partial charge in [0.15, 0.2) is 23.9 Å². The van der Waals surface area contributed by atoms with Crippen LogP contribution in [0.4, 0.5) is 5.82 Å². The largest absolute Gasteiger partial charge is 0.508 e. The number of nitrogens with two attached hydrogens (primary N) is 1. The number of hydrogen-bond donors (Lipinski definition) is 20. The molecule has 0 saturated carbocycles. The Bertz CT molecular complexity index is 5420. The van der Waals surface area contributed by atoms with Gasteiger partial charge in [0.05, 0.1) is 58.5 Å². The van der Waals surface area contributed by atoms with Crippen molar-refractivity contribution in [1.29, 1.82) is 0 Å². The molecule has 6 aromatic carbocycles. The van der Waals surface area contributed by atoms with E-state index in [2.05, 4.69) is 58.3 Å². The number of phenolic OH excluding ortho intramolecular Hbond substituents is 3. The number of hydrogen-bond acceptors (Lipinski definition) is 29. The molecule has 0 radical (unpaired) electrons. The van der Waals surface area contributed by atoms with Crippen LogP contribution in [0.15, 0.2) is 120 Å². The van der Waals surface area contributed by atoms with Gasteiger partial charge in [0.2, 0.25) is 59.3 Å². The summed E-state index contributed by atoms with van der Waals surface area (Å²) in [5.41, 5.74) is 3.56. The lowest BCUT2D eigenvalue weighted by Crippen LogP contribution is -2.65. The highest BCUT2D eigenvalue weighted by Crippen LogP contribution is 2.50. The molecular weight excluding hydrogens is 1720 g/mol. The molecule has 0 aliphatic carbocycles. The topological polar surface area (TPSA) is 582 Å². The maximum atomic E-state index is 16.3. The van der Waals surface area contributed by atoms with Crippen LogP contribution in [0, 0.1) is 5.92 Å². The van der Waals surface area contributed by atoms with Gasteiger partial charge in [-0.1, -0.05) is 84.5 Å². The minimum atomic E-state index is -2.39. The van der Waals surface area contributed by atoms with Crippen LogP contribution in [0.3, 0.4) is 0 Å². The van der Waals surface area contributed by atoms with Crippen LogP contribution in [-0.4, -0.2) is 215 Å². The number of aromatic hydroxyl groups is 3. The summed E-state index contributed by atoms with van der Waals surface area (Å²) >= 11 is 26.5. The highest BCUT2D eigenvalue weighted by molar-refractivity contribution is 6.42. The molecule has 2 fully saturated rings. The Morgan fingerprint density at radius 1 is 0.712 bits per heavy atom.